The van der Waals surface area contributed by atoms with Gasteiger partial charge in [0.2, 0.25) is 0 Å². The lowest BCUT2D eigenvalue weighted by atomic mass is 10.3. The van der Waals surface area contributed by atoms with E-state index in [0.717, 1.165) is 0 Å². The van der Waals surface area contributed by atoms with Crippen LogP contribution in [0.5, 0.6) is 0 Å². The molecule has 0 aliphatic carbocycles. The Kier molecular flexibility index (Phi) is 5.00. The number of rotatable bonds is 3. The first kappa shape index (κ1) is 16.0. The SMILES string of the molecule is O[C@H](CN1CCCN(c2ncccc2F)CC1)C(F)(F)F. The second-order valence-corrected chi connectivity index (χ2v) is 5.01. The summed E-state index contributed by atoms with van der Waals surface area (Å²) in [6.07, 6.45) is -4.90. The van der Waals surface area contributed by atoms with Gasteiger partial charge in [-0.3, -0.25) is 4.90 Å². The minimum atomic E-state index is -4.61. The van der Waals surface area contributed by atoms with E-state index >= 15 is 0 Å². The van der Waals surface area contributed by atoms with Crippen LogP contribution in [0, 0.1) is 5.82 Å². The van der Waals surface area contributed by atoms with Gasteiger partial charge in [-0.05, 0) is 18.6 Å². The molecular formula is C13H17F4N3O. The van der Waals surface area contributed by atoms with Crippen molar-refractivity contribution in [1.29, 1.82) is 0 Å². The van der Waals surface area contributed by atoms with Crippen LogP contribution in [0.4, 0.5) is 23.4 Å². The van der Waals surface area contributed by atoms with Gasteiger partial charge in [0.05, 0.1) is 0 Å². The molecule has 1 aromatic rings. The van der Waals surface area contributed by atoms with Crippen LogP contribution in [0.25, 0.3) is 0 Å². The summed E-state index contributed by atoms with van der Waals surface area (Å²) in [5.41, 5.74) is 0. The van der Waals surface area contributed by atoms with Crippen molar-refractivity contribution in [2.24, 2.45) is 0 Å². The molecule has 0 saturated carbocycles. The van der Waals surface area contributed by atoms with Gasteiger partial charge in [0.25, 0.3) is 0 Å². The number of pyridine rings is 1. The third kappa shape index (κ3) is 4.28. The molecule has 1 saturated heterocycles. The molecule has 1 fully saturated rings. The molecule has 8 heteroatoms. The molecule has 1 atom stereocenters. The maximum atomic E-state index is 13.7. The molecule has 1 N–H and O–H groups in total. The van der Waals surface area contributed by atoms with E-state index in [9.17, 15) is 17.6 Å². The predicted molar refractivity (Wildman–Crippen MR) is 69.5 cm³/mol. The predicted octanol–water partition coefficient (Wildman–Crippen LogP) is 1.66. The zero-order chi connectivity index (χ0) is 15.5. The molecule has 2 heterocycles. The maximum Gasteiger partial charge on any atom is 0.415 e. The standard InChI is InChI=1S/C13H17F4N3O/c14-10-3-1-4-18-12(10)20-6-2-5-19(7-8-20)9-11(21)13(15,16)17/h1,3-4,11,21H,2,5-9H2/t11-/m1/s1. The largest absolute Gasteiger partial charge is 0.415 e. The van der Waals surface area contributed by atoms with Gasteiger partial charge in [0, 0.05) is 38.9 Å². The van der Waals surface area contributed by atoms with Crippen molar-refractivity contribution in [1.82, 2.24) is 9.88 Å². The van der Waals surface area contributed by atoms with Gasteiger partial charge in [-0.25, -0.2) is 9.37 Å². The van der Waals surface area contributed by atoms with E-state index < -0.39 is 24.6 Å². The van der Waals surface area contributed by atoms with Gasteiger partial charge < -0.3 is 10.0 Å². The topological polar surface area (TPSA) is 39.6 Å². The van der Waals surface area contributed by atoms with E-state index in [-0.39, 0.29) is 5.82 Å². The minimum Gasteiger partial charge on any atom is -0.382 e. The molecule has 1 aromatic heterocycles. The van der Waals surface area contributed by atoms with Gasteiger partial charge in [-0.15, -0.1) is 0 Å². The Balaban J connectivity index is 1.95. The third-order valence-electron chi connectivity index (χ3n) is 3.44. The highest BCUT2D eigenvalue weighted by Crippen LogP contribution is 2.22. The number of nitrogens with zero attached hydrogens (tertiary/aromatic N) is 3. The normalized spacial score (nSPS) is 19.4. The first-order valence-corrected chi connectivity index (χ1v) is 6.70. The van der Waals surface area contributed by atoms with E-state index in [1.165, 1.54) is 18.3 Å². The van der Waals surface area contributed by atoms with Crippen LogP contribution in [0.15, 0.2) is 18.3 Å². The van der Waals surface area contributed by atoms with Gasteiger partial charge in [-0.2, -0.15) is 13.2 Å². The van der Waals surface area contributed by atoms with Gasteiger partial charge in [-0.1, -0.05) is 0 Å². The lowest BCUT2D eigenvalue weighted by Crippen LogP contribution is -2.42. The number of aliphatic hydroxyl groups excluding tert-OH is 1. The number of hydrogen-bond acceptors (Lipinski definition) is 4. The molecule has 0 aromatic carbocycles. The van der Waals surface area contributed by atoms with Crippen molar-refractivity contribution >= 4 is 5.82 Å². The molecule has 1 aliphatic heterocycles. The number of halogens is 4. The summed E-state index contributed by atoms with van der Waals surface area (Å²) in [4.78, 5) is 7.23. The van der Waals surface area contributed by atoms with Crippen LogP contribution in [-0.2, 0) is 0 Å². The zero-order valence-corrected chi connectivity index (χ0v) is 11.4. The second-order valence-electron chi connectivity index (χ2n) is 5.01. The molecule has 0 radical (unpaired) electrons. The number of aromatic nitrogens is 1. The molecule has 0 spiro atoms. The van der Waals surface area contributed by atoms with Crippen LogP contribution in [-0.4, -0.2) is 60.0 Å². The molecule has 1 aliphatic rings. The van der Waals surface area contributed by atoms with Crippen LogP contribution < -0.4 is 4.90 Å². The highest BCUT2D eigenvalue weighted by Gasteiger charge is 2.39. The molecule has 0 amide bonds. The molecule has 4 nitrogen and oxygen atoms in total. The number of aliphatic hydroxyl groups is 1. The maximum absolute atomic E-state index is 13.7. The summed E-state index contributed by atoms with van der Waals surface area (Å²) >= 11 is 0. The van der Waals surface area contributed by atoms with Crippen molar-refractivity contribution in [2.75, 3.05) is 37.6 Å². The Morgan fingerprint density at radius 3 is 2.67 bits per heavy atom. The Morgan fingerprint density at radius 1 is 1.24 bits per heavy atom. The summed E-state index contributed by atoms with van der Waals surface area (Å²) in [6.45, 7) is 1.19. The second kappa shape index (κ2) is 6.57. The summed E-state index contributed by atoms with van der Waals surface area (Å²) in [6, 6.07) is 2.79. The molecule has 0 unspecified atom stereocenters. The van der Waals surface area contributed by atoms with E-state index in [0.29, 0.717) is 32.6 Å². The van der Waals surface area contributed by atoms with Gasteiger partial charge in [0.1, 0.15) is 0 Å². The smallest absolute Gasteiger partial charge is 0.382 e. The Hall–Kier alpha value is -1.41. The fourth-order valence-electron chi connectivity index (χ4n) is 2.32. The number of hydrogen-bond donors (Lipinski definition) is 1. The number of alkyl halides is 3. The Labute approximate surface area is 120 Å². The highest BCUT2D eigenvalue weighted by molar-refractivity contribution is 5.39. The Morgan fingerprint density at radius 2 is 2.00 bits per heavy atom. The van der Waals surface area contributed by atoms with Crippen molar-refractivity contribution < 1.29 is 22.7 Å². The monoisotopic (exact) mass is 307 g/mol. The van der Waals surface area contributed by atoms with Gasteiger partial charge in [0.15, 0.2) is 17.7 Å². The first-order valence-electron chi connectivity index (χ1n) is 6.70. The number of β-amino-alcohol motifs (C(OH)–C–C–N with tert-alkyl or cyclic N) is 1. The quantitative estimate of drug-likeness (QED) is 0.862. The van der Waals surface area contributed by atoms with E-state index in [1.54, 1.807) is 9.80 Å². The van der Waals surface area contributed by atoms with Crippen LogP contribution in [0.2, 0.25) is 0 Å². The molecular weight excluding hydrogens is 290 g/mol. The fourth-order valence-corrected chi connectivity index (χ4v) is 2.32. The van der Waals surface area contributed by atoms with Crippen molar-refractivity contribution in [3.05, 3.63) is 24.1 Å². The van der Waals surface area contributed by atoms with Crippen molar-refractivity contribution in [3.63, 3.8) is 0 Å². The minimum absolute atomic E-state index is 0.218. The van der Waals surface area contributed by atoms with Crippen LogP contribution >= 0.6 is 0 Å². The molecule has 2 rings (SSSR count). The molecule has 0 bridgehead atoms. The summed E-state index contributed by atoms with van der Waals surface area (Å²) in [5.74, 6) is -0.225. The van der Waals surface area contributed by atoms with Crippen LogP contribution in [0.1, 0.15) is 6.42 Å². The fraction of sp³-hybridized carbons (Fsp3) is 0.615. The summed E-state index contributed by atoms with van der Waals surface area (Å²) in [5, 5.41) is 9.10. The lowest BCUT2D eigenvalue weighted by Gasteiger charge is -2.25. The third-order valence-corrected chi connectivity index (χ3v) is 3.44. The summed E-state index contributed by atoms with van der Waals surface area (Å²) < 4.78 is 50.7. The average molecular weight is 307 g/mol. The highest BCUT2D eigenvalue weighted by atomic mass is 19.4. The van der Waals surface area contributed by atoms with Crippen LogP contribution in [0.3, 0.4) is 0 Å². The van der Waals surface area contributed by atoms with E-state index in [1.807, 2.05) is 0 Å². The lowest BCUT2D eigenvalue weighted by molar-refractivity contribution is -0.208. The number of anilines is 1. The van der Waals surface area contributed by atoms with Crippen molar-refractivity contribution in [3.8, 4) is 0 Å². The average Bonchev–Trinajstić information content (AvgIpc) is 2.64. The van der Waals surface area contributed by atoms with Gasteiger partial charge >= 0.3 is 6.18 Å². The first-order chi connectivity index (χ1) is 9.88. The molecule has 21 heavy (non-hydrogen) atoms. The van der Waals surface area contributed by atoms with E-state index in [2.05, 4.69) is 4.98 Å². The summed E-state index contributed by atoms with van der Waals surface area (Å²) in [7, 11) is 0. The zero-order valence-electron chi connectivity index (χ0n) is 11.4. The molecule has 118 valence electrons. The van der Waals surface area contributed by atoms with E-state index in [4.69, 9.17) is 5.11 Å². The van der Waals surface area contributed by atoms with Crippen molar-refractivity contribution in [2.45, 2.75) is 18.7 Å². The Bertz CT molecular complexity index is 469.